The van der Waals surface area contributed by atoms with Crippen LogP contribution in [0.25, 0.3) is 0 Å². The SMILES string of the molecule is Cn1cc(NC(=O)CCC2CCNCC2)cn1. The smallest absolute Gasteiger partial charge is 0.224 e. The number of carbonyl (C=O) groups is 1. The predicted molar refractivity (Wildman–Crippen MR) is 66.7 cm³/mol. The van der Waals surface area contributed by atoms with Crippen LogP contribution in [0.2, 0.25) is 0 Å². The molecule has 5 nitrogen and oxygen atoms in total. The quantitative estimate of drug-likeness (QED) is 0.824. The molecule has 5 heteroatoms. The molecule has 0 aliphatic carbocycles. The molecular weight excluding hydrogens is 216 g/mol. The van der Waals surface area contributed by atoms with E-state index in [9.17, 15) is 4.79 Å². The van der Waals surface area contributed by atoms with Gasteiger partial charge in [-0.2, -0.15) is 5.10 Å². The van der Waals surface area contributed by atoms with Gasteiger partial charge < -0.3 is 10.6 Å². The van der Waals surface area contributed by atoms with E-state index in [2.05, 4.69) is 15.7 Å². The van der Waals surface area contributed by atoms with Crippen LogP contribution < -0.4 is 10.6 Å². The van der Waals surface area contributed by atoms with Crippen LogP contribution in [0.4, 0.5) is 5.69 Å². The maximum absolute atomic E-state index is 11.7. The fraction of sp³-hybridized carbons (Fsp3) is 0.667. The summed E-state index contributed by atoms with van der Waals surface area (Å²) in [6.45, 7) is 2.18. The minimum absolute atomic E-state index is 0.0940. The maximum atomic E-state index is 11.7. The van der Waals surface area contributed by atoms with Crippen LogP contribution in [0.1, 0.15) is 25.7 Å². The van der Waals surface area contributed by atoms with E-state index in [4.69, 9.17) is 0 Å². The summed E-state index contributed by atoms with van der Waals surface area (Å²) >= 11 is 0. The van der Waals surface area contributed by atoms with Gasteiger partial charge in [0, 0.05) is 19.7 Å². The zero-order valence-corrected chi connectivity index (χ0v) is 10.3. The molecule has 1 amide bonds. The monoisotopic (exact) mass is 236 g/mol. The van der Waals surface area contributed by atoms with Crippen molar-refractivity contribution >= 4 is 11.6 Å². The lowest BCUT2D eigenvalue weighted by atomic mass is 9.93. The van der Waals surface area contributed by atoms with Crippen LogP contribution in [-0.2, 0) is 11.8 Å². The Bertz CT molecular complexity index is 368. The van der Waals surface area contributed by atoms with Crippen molar-refractivity contribution in [2.24, 2.45) is 13.0 Å². The lowest BCUT2D eigenvalue weighted by molar-refractivity contribution is -0.116. The average Bonchev–Trinajstić information content (AvgIpc) is 2.73. The minimum atomic E-state index is 0.0940. The second-order valence-corrected chi connectivity index (χ2v) is 4.68. The number of nitrogens with one attached hydrogen (secondary N) is 2. The molecule has 1 aromatic heterocycles. The largest absolute Gasteiger partial charge is 0.323 e. The predicted octanol–water partition coefficient (Wildman–Crippen LogP) is 1.14. The summed E-state index contributed by atoms with van der Waals surface area (Å²) in [5, 5.41) is 10.2. The molecule has 94 valence electrons. The Labute approximate surface area is 102 Å². The Morgan fingerprint density at radius 3 is 3.00 bits per heavy atom. The summed E-state index contributed by atoms with van der Waals surface area (Å²) < 4.78 is 1.68. The van der Waals surface area contributed by atoms with Gasteiger partial charge in [-0.1, -0.05) is 0 Å². The third kappa shape index (κ3) is 3.85. The number of hydrogen-bond acceptors (Lipinski definition) is 3. The van der Waals surface area contributed by atoms with Crippen LogP contribution >= 0.6 is 0 Å². The van der Waals surface area contributed by atoms with Crippen molar-refractivity contribution in [3.63, 3.8) is 0 Å². The molecule has 2 rings (SSSR count). The van der Waals surface area contributed by atoms with E-state index >= 15 is 0 Å². The first-order valence-electron chi connectivity index (χ1n) is 6.23. The second-order valence-electron chi connectivity index (χ2n) is 4.68. The van der Waals surface area contributed by atoms with E-state index < -0.39 is 0 Å². The number of carbonyl (C=O) groups excluding carboxylic acids is 1. The molecule has 0 unspecified atom stereocenters. The van der Waals surface area contributed by atoms with Gasteiger partial charge in [-0.3, -0.25) is 9.48 Å². The van der Waals surface area contributed by atoms with Crippen molar-refractivity contribution in [3.8, 4) is 0 Å². The average molecular weight is 236 g/mol. The third-order valence-corrected chi connectivity index (χ3v) is 3.23. The van der Waals surface area contributed by atoms with E-state index in [1.807, 2.05) is 13.2 Å². The normalized spacial score (nSPS) is 17.0. The number of rotatable bonds is 4. The molecule has 0 atom stereocenters. The summed E-state index contributed by atoms with van der Waals surface area (Å²) in [7, 11) is 1.84. The topological polar surface area (TPSA) is 59.0 Å². The molecule has 1 aliphatic heterocycles. The van der Waals surface area contributed by atoms with Crippen molar-refractivity contribution in [2.45, 2.75) is 25.7 Å². The molecule has 1 aliphatic rings. The maximum Gasteiger partial charge on any atom is 0.224 e. The summed E-state index contributed by atoms with van der Waals surface area (Å²) in [6.07, 6.45) is 7.47. The summed E-state index contributed by atoms with van der Waals surface area (Å²) in [5.41, 5.74) is 0.780. The Hall–Kier alpha value is -1.36. The highest BCUT2D eigenvalue weighted by Crippen LogP contribution is 2.18. The van der Waals surface area contributed by atoms with Crippen LogP contribution in [0.15, 0.2) is 12.4 Å². The number of piperidine rings is 1. The van der Waals surface area contributed by atoms with Crippen LogP contribution in [0.5, 0.6) is 0 Å². The first-order valence-corrected chi connectivity index (χ1v) is 6.23. The number of aryl methyl sites for hydroxylation is 1. The fourth-order valence-corrected chi connectivity index (χ4v) is 2.21. The number of nitrogens with zero attached hydrogens (tertiary/aromatic N) is 2. The fourth-order valence-electron chi connectivity index (χ4n) is 2.21. The summed E-state index contributed by atoms with van der Waals surface area (Å²) in [4.78, 5) is 11.7. The van der Waals surface area contributed by atoms with Crippen LogP contribution in [-0.4, -0.2) is 28.8 Å². The molecule has 0 saturated carbocycles. The molecule has 2 heterocycles. The first kappa shape index (κ1) is 12.1. The first-order chi connectivity index (χ1) is 8.24. The van der Waals surface area contributed by atoms with E-state index in [0.717, 1.165) is 25.2 Å². The molecule has 0 bridgehead atoms. The molecule has 2 N–H and O–H groups in total. The highest BCUT2D eigenvalue weighted by molar-refractivity contribution is 5.90. The standard InChI is InChI=1S/C12H20N4O/c1-16-9-11(8-14-16)15-12(17)3-2-10-4-6-13-7-5-10/h8-10,13H,2-7H2,1H3,(H,15,17). The van der Waals surface area contributed by atoms with Gasteiger partial charge in [0.05, 0.1) is 11.9 Å². The molecule has 0 aromatic carbocycles. The van der Waals surface area contributed by atoms with Crippen molar-refractivity contribution in [2.75, 3.05) is 18.4 Å². The van der Waals surface area contributed by atoms with Gasteiger partial charge in [-0.05, 0) is 38.3 Å². The summed E-state index contributed by atoms with van der Waals surface area (Å²) in [6, 6.07) is 0. The zero-order chi connectivity index (χ0) is 12.1. The minimum Gasteiger partial charge on any atom is -0.323 e. The molecule has 1 aromatic rings. The Kier molecular flexibility index (Phi) is 4.14. The van der Waals surface area contributed by atoms with Gasteiger partial charge in [0.25, 0.3) is 0 Å². The molecule has 17 heavy (non-hydrogen) atoms. The Morgan fingerprint density at radius 2 is 2.35 bits per heavy atom. The van der Waals surface area contributed by atoms with Crippen molar-refractivity contribution in [3.05, 3.63) is 12.4 Å². The second kappa shape index (κ2) is 5.82. The Balaban J connectivity index is 1.70. The van der Waals surface area contributed by atoms with E-state index in [1.54, 1.807) is 10.9 Å². The number of aromatic nitrogens is 2. The van der Waals surface area contributed by atoms with Crippen LogP contribution in [0, 0.1) is 5.92 Å². The summed E-state index contributed by atoms with van der Waals surface area (Å²) in [5.74, 6) is 0.799. The lowest BCUT2D eigenvalue weighted by Gasteiger charge is -2.22. The Morgan fingerprint density at radius 1 is 1.59 bits per heavy atom. The highest BCUT2D eigenvalue weighted by Gasteiger charge is 2.14. The van der Waals surface area contributed by atoms with Crippen molar-refractivity contribution in [1.29, 1.82) is 0 Å². The van der Waals surface area contributed by atoms with E-state index in [-0.39, 0.29) is 5.91 Å². The van der Waals surface area contributed by atoms with Crippen molar-refractivity contribution in [1.82, 2.24) is 15.1 Å². The van der Waals surface area contributed by atoms with Gasteiger partial charge in [0.15, 0.2) is 0 Å². The molecule has 1 fully saturated rings. The lowest BCUT2D eigenvalue weighted by Crippen LogP contribution is -2.28. The third-order valence-electron chi connectivity index (χ3n) is 3.23. The van der Waals surface area contributed by atoms with Gasteiger partial charge in [0.2, 0.25) is 5.91 Å². The van der Waals surface area contributed by atoms with Gasteiger partial charge in [-0.25, -0.2) is 0 Å². The number of amides is 1. The molecular formula is C12H20N4O. The zero-order valence-electron chi connectivity index (χ0n) is 10.3. The van der Waals surface area contributed by atoms with Gasteiger partial charge in [0.1, 0.15) is 0 Å². The van der Waals surface area contributed by atoms with E-state index in [0.29, 0.717) is 12.3 Å². The molecule has 1 saturated heterocycles. The van der Waals surface area contributed by atoms with Crippen LogP contribution in [0.3, 0.4) is 0 Å². The molecule has 0 radical (unpaired) electrons. The van der Waals surface area contributed by atoms with Gasteiger partial charge in [-0.15, -0.1) is 0 Å². The van der Waals surface area contributed by atoms with E-state index in [1.165, 1.54) is 12.8 Å². The molecule has 0 spiro atoms. The highest BCUT2D eigenvalue weighted by atomic mass is 16.1. The number of anilines is 1. The van der Waals surface area contributed by atoms with Gasteiger partial charge >= 0.3 is 0 Å². The van der Waals surface area contributed by atoms with Crippen molar-refractivity contribution < 1.29 is 4.79 Å². The number of hydrogen-bond donors (Lipinski definition) is 2.